The van der Waals surface area contributed by atoms with E-state index in [0.717, 1.165) is 5.56 Å². The summed E-state index contributed by atoms with van der Waals surface area (Å²) < 4.78 is 13.2. The fraction of sp³-hybridized carbons (Fsp3) is 0.143. The maximum atomic E-state index is 13.2. The van der Waals surface area contributed by atoms with E-state index < -0.39 is 0 Å². The van der Waals surface area contributed by atoms with Crippen molar-refractivity contribution >= 4 is 5.78 Å². The number of aromatic nitrogens is 1. The standard InChI is InChI=1S/C14H12FNO/c1-10-6-11(8-12(15)7-10)14(17)9-13-4-2-3-5-16-13/h2-8H,9H2,1H3. The molecule has 1 aromatic heterocycles. The quantitative estimate of drug-likeness (QED) is 0.757. The molecule has 2 rings (SSSR count). The van der Waals surface area contributed by atoms with Crippen molar-refractivity contribution in [2.75, 3.05) is 0 Å². The predicted molar refractivity (Wildman–Crippen MR) is 63.4 cm³/mol. The van der Waals surface area contributed by atoms with Gasteiger partial charge in [-0.25, -0.2) is 4.39 Å². The van der Waals surface area contributed by atoms with Crippen LogP contribution in [0.3, 0.4) is 0 Å². The van der Waals surface area contributed by atoms with Gasteiger partial charge in [0.2, 0.25) is 0 Å². The zero-order chi connectivity index (χ0) is 12.3. The summed E-state index contributed by atoms with van der Waals surface area (Å²) in [4.78, 5) is 16.0. The Morgan fingerprint density at radius 3 is 2.76 bits per heavy atom. The van der Waals surface area contributed by atoms with Crippen LogP contribution in [0.2, 0.25) is 0 Å². The molecule has 0 saturated heterocycles. The molecular weight excluding hydrogens is 217 g/mol. The highest BCUT2D eigenvalue weighted by Crippen LogP contribution is 2.11. The van der Waals surface area contributed by atoms with Gasteiger partial charge in [-0.05, 0) is 42.8 Å². The first-order valence-electron chi connectivity index (χ1n) is 5.35. The summed E-state index contributed by atoms with van der Waals surface area (Å²) >= 11 is 0. The van der Waals surface area contributed by atoms with E-state index in [1.807, 2.05) is 6.07 Å². The summed E-state index contributed by atoms with van der Waals surface area (Å²) in [5.74, 6) is -0.499. The second-order valence-electron chi connectivity index (χ2n) is 3.94. The molecule has 0 saturated carbocycles. The van der Waals surface area contributed by atoms with Gasteiger partial charge in [-0.15, -0.1) is 0 Å². The number of ketones is 1. The molecule has 0 spiro atoms. The topological polar surface area (TPSA) is 30.0 Å². The van der Waals surface area contributed by atoms with Crippen molar-refractivity contribution in [3.05, 3.63) is 65.2 Å². The van der Waals surface area contributed by atoms with E-state index in [9.17, 15) is 9.18 Å². The third-order valence-electron chi connectivity index (χ3n) is 2.43. The minimum absolute atomic E-state index is 0.119. The molecule has 0 aliphatic rings. The van der Waals surface area contributed by atoms with Crippen LogP contribution < -0.4 is 0 Å². The number of carbonyl (C=O) groups is 1. The lowest BCUT2D eigenvalue weighted by Gasteiger charge is -2.02. The van der Waals surface area contributed by atoms with E-state index in [2.05, 4.69) is 4.98 Å². The molecule has 0 fully saturated rings. The molecule has 1 aromatic carbocycles. The second-order valence-corrected chi connectivity index (χ2v) is 3.94. The van der Waals surface area contributed by atoms with E-state index >= 15 is 0 Å². The van der Waals surface area contributed by atoms with Crippen LogP contribution in [-0.2, 0) is 6.42 Å². The predicted octanol–water partition coefficient (Wildman–Crippen LogP) is 2.95. The number of Topliss-reactive ketones (excluding diaryl/α,β-unsaturated/α-hetero) is 1. The van der Waals surface area contributed by atoms with E-state index in [1.165, 1.54) is 12.1 Å². The number of rotatable bonds is 3. The third-order valence-corrected chi connectivity index (χ3v) is 2.43. The van der Waals surface area contributed by atoms with E-state index in [4.69, 9.17) is 0 Å². The summed E-state index contributed by atoms with van der Waals surface area (Å²) in [5, 5.41) is 0. The van der Waals surface area contributed by atoms with Crippen molar-refractivity contribution in [3.8, 4) is 0 Å². The Kier molecular flexibility index (Phi) is 3.28. The van der Waals surface area contributed by atoms with Crippen molar-refractivity contribution < 1.29 is 9.18 Å². The molecule has 2 aromatic rings. The van der Waals surface area contributed by atoms with Gasteiger partial charge in [0.05, 0.1) is 6.42 Å². The number of carbonyl (C=O) groups excluding carboxylic acids is 1. The average Bonchev–Trinajstić information content (AvgIpc) is 2.29. The van der Waals surface area contributed by atoms with Crippen molar-refractivity contribution in [1.29, 1.82) is 0 Å². The maximum Gasteiger partial charge on any atom is 0.168 e. The van der Waals surface area contributed by atoms with Gasteiger partial charge in [-0.2, -0.15) is 0 Å². The van der Waals surface area contributed by atoms with Gasteiger partial charge in [0.1, 0.15) is 5.82 Å². The van der Waals surface area contributed by atoms with Gasteiger partial charge in [-0.3, -0.25) is 9.78 Å². The van der Waals surface area contributed by atoms with Crippen LogP contribution in [0.15, 0.2) is 42.6 Å². The average molecular weight is 229 g/mol. The first kappa shape index (κ1) is 11.5. The van der Waals surface area contributed by atoms with E-state index in [0.29, 0.717) is 11.3 Å². The van der Waals surface area contributed by atoms with Crippen LogP contribution in [-0.4, -0.2) is 10.8 Å². The van der Waals surface area contributed by atoms with Crippen LogP contribution >= 0.6 is 0 Å². The number of aryl methyl sites for hydroxylation is 1. The Balaban J connectivity index is 2.20. The molecule has 86 valence electrons. The highest BCUT2D eigenvalue weighted by atomic mass is 19.1. The van der Waals surface area contributed by atoms with Gasteiger partial charge < -0.3 is 0 Å². The lowest BCUT2D eigenvalue weighted by atomic mass is 10.0. The zero-order valence-corrected chi connectivity index (χ0v) is 9.48. The smallest absolute Gasteiger partial charge is 0.168 e. The molecule has 0 bridgehead atoms. The molecular formula is C14H12FNO. The van der Waals surface area contributed by atoms with Crippen molar-refractivity contribution in [2.45, 2.75) is 13.3 Å². The fourth-order valence-electron chi connectivity index (χ4n) is 1.67. The zero-order valence-electron chi connectivity index (χ0n) is 9.48. The molecule has 1 heterocycles. The summed E-state index contributed by atoms with van der Waals surface area (Å²) in [7, 11) is 0. The highest BCUT2D eigenvalue weighted by Gasteiger charge is 2.09. The van der Waals surface area contributed by atoms with Crippen LogP contribution in [0, 0.1) is 12.7 Å². The van der Waals surface area contributed by atoms with Crippen LogP contribution in [0.1, 0.15) is 21.6 Å². The lowest BCUT2D eigenvalue weighted by molar-refractivity contribution is 0.0991. The van der Waals surface area contributed by atoms with Crippen LogP contribution in [0.4, 0.5) is 4.39 Å². The van der Waals surface area contributed by atoms with Gasteiger partial charge in [0, 0.05) is 17.5 Å². The van der Waals surface area contributed by atoms with E-state index in [-0.39, 0.29) is 18.0 Å². The Morgan fingerprint density at radius 2 is 2.12 bits per heavy atom. The number of hydrogen-bond acceptors (Lipinski definition) is 2. The molecule has 0 aliphatic heterocycles. The SMILES string of the molecule is Cc1cc(F)cc(C(=O)Cc2ccccn2)c1. The van der Waals surface area contributed by atoms with Crippen molar-refractivity contribution in [2.24, 2.45) is 0 Å². The van der Waals surface area contributed by atoms with Crippen molar-refractivity contribution in [1.82, 2.24) is 4.98 Å². The monoisotopic (exact) mass is 229 g/mol. The lowest BCUT2D eigenvalue weighted by Crippen LogP contribution is -2.05. The Labute approximate surface area is 99.1 Å². The molecule has 0 radical (unpaired) electrons. The molecule has 0 aliphatic carbocycles. The number of nitrogens with zero attached hydrogens (tertiary/aromatic N) is 1. The minimum Gasteiger partial charge on any atom is -0.294 e. The summed E-state index contributed by atoms with van der Waals surface area (Å²) in [6, 6.07) is 9.75. The summed E-state index contributed by atoms with van der Waals surface area (Å²) in [6.07, 6.45) is 1.84. The Hall–Kier alpha value is -2.03. The van der Waals surface area contributed by atoms with Gasteiger partial charge in [0.15, 0.2) is 5.78 Å². The van der Waals surface area contributed by atoms with Gasteiger partial charge >= 0.3 is 0 Å². The summed E-state index contributed by atoms with van der Waals surface area (Å²) in [5.41, 5.74) is 1.84. The fourth-order valence-corrected chi connectivity index (χ4v) is 1.67. The summed E-state index contributed by atoms with van der Waals surface area (Å²) in [6.45, 7) is 1.76. The van der Waals surface area contributed by atoms with Gasteiger partial charge in [0.25, 0.3) is 0 Å². The van der Waals surface area contributed by atoms with Crippen LogP contribution in [0.5, 0.6) is 0 Å². The Morgan fingerprint density at radius 1 is 1.29 bits per heavy atom. The number of hydrogen-bond donors (Lipinski definition) is 0. The molecule has 3 heteroatoms. The second kappa shape index (κ2) is 4.87. The maximum absolute atomic E-state index is 13.2. The molecule has 17 heavy (non-hydrogen) atoms. The molecule has 0 N–H and O–H groups in total. The molecule has 0 atom stereocenters. The first-order valence-corrected chi connectivity index (χ1v) is 5.35. The number of benzene rings is 1. The van der Waals surface area contributed by atoms with Crippen LogP contribution in [0.25, 0.3) is 0 Å². The molecule has 2 nitrogen and oxygen atoms in total. The highest BCUT2D eigenvalue weighted by molar-refractivity contribution is 5.97. The number of pyridine rings is 1. The van der Waals surface area contributed by atoms with Gasteiger partial charge in [-0.1, -0.05) is 6.07 Å². The first-order chi connectivity index (χ1) is 8.15. The van der Waals surface area contributed by atoms with E-state index in [1.54, 1.807) is 31.3 Å². The van der Waals surface area contributed by atoms with Crippen molar-refractivity contribution in [3.63, 3.8) is 0 Å². The largest absolute Gasteiger partial charge is 0.294 e. The molecule has 0 amide bonds. The normalized spacial score (nSPS) is 10.2. The molecule has 0 unspecified atom stereocenters. The Bertz CT molecular complexity index is 517. The third kappa shape index (κ3) is 2.97. The number of halogens is 1. The minimum atomic E-state index is -0.380.